The molecule has 1 aromatic rings. The van der Waals surface area contributed by atoms with Crippen LogP contribution in [-0.2, 0) is 11.3 Å². The van der Waals surface area contributed by atoms with Gasteiger partial charge in [0.15, 0.2) is 0 Å². The first kappa shape index (κ1) is 14.4. The van der Waals surface area contributed by atoms with Gasteiger partial charge in [-0.15, -0.1) is 0 Å². The molecule has 1 heterocycles. The molecule has 0 amide bonds. The lowest BCUT2D eigenvalue weighted by Gasteiger charge is -2.35. The van der Waals surface area contributed by atoms with Gasteiger partial charge < -0.3 is 15.4 Å². The Morgan fingerprint density at radius 3 is 2.53 bits per heavy atom. The summed E-state index contributed by atoms with van der Waals surface area (Å²) in [6.45, 7) is 9.26. The van der Waals surface area contributed by atoms with E-state index in [0.717, 1.165) is 6.42 Å². The molecule has 0 aliphatic carbocycles. The van der Waals surface area contributed by atoms with Crippen LogP contribution in [0.3, 0.4) is 0 Å². The zero-order valence-corrected chi connectivity index (χ0v) is 12.7. The van der Waals surface area contributed by atoms with Gasteiger partial charge in [0, 0.05) is 19.3 Å². The van der Waals surface area contributed by atoms with Crippen LogP contribution < -0.4 is 10.6 Å². The van der Waals surface area contributed by atoms with Crippen molar-refractivity contribution in [1.82, 2.24) is 0 Å². The lowest BCUT2D eigenvalue weighted by molar-refractivity contribution is -0.0676. The van der Waals surface area contributed by atoms with E-state index >= 15 is 0 Å². The molecule has 1 aliphatic rings. The summed E-state index contributed by atoms with van der Waals surface area (Å²) in [7, 11) is 2.15. The van der Waals surface area contributed by atoms with Crippen molar-refractivity contribution in [2.75, 3.05) is 11.9 Å². The van der Waals surface area contributed by atoms with E-state index in [-0.39, 0.29) is 11.2 Å². The van der Waals surface area contributed by atoms with Gasteiger partial charge in [-0.05, 0) is 51.8 Å². The van der Waals surface area contributed by atoms with E-state index in [1.165, 1.54) is 11.3 Å². The maximum Gasteiger partial charge on any atom is 0.0836 e. The van der Waals surface area contributed by atoms with E-state index in [0.29, 0.717) is 12.6 Å². The molecule has 3 heteroatoms. The molecule has 1 unspecified atom stereocenters. The Labute approximate surface area is 116 Å². The highest BCUT2D eigenvalue weighted by molar-refractivity contribution is 5.49. The van der Waals surface area contributed by atoms with Crippen molar-refractivity contribution in [3.63, 3.8) is 0 Å². The third kappa shape index (κ3) is 2.93. The van der Waals surface area contributed by atoms with Gasteiger partial charge in [0.25, 0.3) is 0 Å². The molecule has 19 heavy (non-hydrogen) atoms. The van der Waals surface area contributed by atoms with E-state index in [9.17, 15) is 0 Å². The van der Waals surface area contributed by atoms with E-state index in [2.05, 4.69) is 63.9 Å². The molecule has 106 valence electrons. The van der Waals surface area contributed by atoms with Crippen LogP contribution in [0.4, 0.5) is 5.69 Å². The summed E-state index contributed by atoms with van der Waals surface area (Å²) in [4.78, 5) is 2.33. The third-order valence-corrected chi connectivity index (χ3v) is 4.05. The van der Waals surface area contributed by atoms with Crippen molar-refractivity contribution >= 4 is 5.69 Å². The SMILES string of the molecule is CN(c1cccc(CN)c1)C1CC(C)(C)OC1(C)C. The Kier molecular flexibility index (Phi) is 3.63. The van der Waals surface area contributed by atoms with E-state index in [1.54, 1.807) is 0 Å². The molecule has 2 N–H and O–H groups in total. The molecule has 2 rings (SSSR count). The minimum atomic E-state index is -0.142. The zero-order chi connectivity index (χ0) is 14.3. The van der Waals surface area contributed by atoms with Crippen molar-refractivity contribution in [3.05, 3.63) is 29.8 Å². The number of hydrogen-bond acceptors (Lipinski definition) is 3. The van der Waals surface area contributed by atoms with Crippen LogP contribution in [0.15, 0.2) is 24.3 Å². The number of anilines is 1. The second kappa shape index (κ2) is 4.80. The van der Waals surface area contributed by atoms with Crippen LogP contribution in [-0.4, -0.2) is 24.3 Å². The van der Waals surface area contributed by atoms with Gasteiger partial charge in [-0.25, -0.2) is 0 Å². The predicted molar refractivity (Wildman–Crippen MR) is 80.4 cm³/mol. The van der Waals surface area contributed by atoms with Crippen LogP contribution in [0.25, 0.3) is 0 Å². The third-order valence-electron chi connectivity index (χ3n) is 4.05. The van der Waals surface area contributed by atoms with Crippen LogP contribution in [0.2, 0.25) is 0 Å². The lowest BCUT2D eigenvalue weighted by atomic mass is 9.93. The molecular formula is C16H26N2O. The topological polar surface area (TPSA) is 38.5 Å². The summed E-state index contributed by atoms with van der Waals surface area (Å²) < 4.78 is 6.18. The number of benzene rings is 1. The monoisotopic (exact) mass is 262 g/mol. The number of likely N-dealkylation sites (N-methyl/N-ethyl adjacent to an activating group) is 1. The molecule has 1 saturated heterocycles. The maximum absolute atomic E-state index is 6.18. The maximum atomic E-state index is 6.18. The smallest absolute Gasteiger partial charge is 0.0836 e. The molecule has 1 fully saturated rings. The first-order valence-electron chi connectivity index (χ1n) is 6.97. The zero-order valence-electron chi connectivity index (χ0n) is 12.7. The van der Waals surface area contributed by atoms with E-state index in [1.807, 2.05) is 0 Å². The molecule has 0 bridgehead atoms. The standard InChI is InChI=1S/C16H26N2O/c1-15(2)10-14(16(3,4)19-15)18(5)13-8-6-7-12(9-13)11-17/h6-9,14H,10-11,17H2,1-5H3. The van der Waals surface area contributed by atoms with Gasteiger partial charge in [-0.2, -0.15) is 0 Å². The van der Waals surface area contributed by atoms with Crippen molar-refractivity contribution < 1.29 is 4.74 Å². The number of ether oxygens (including phenoxy) is 1. The van der Waals surface area contributed by atoms with Crippen molar-refractivity contribution in [3.8, 4) is 0 Å². The number of hydrogen-bond donors (Lipinski definition) is 1. The van der Waals surface area contributed by atoms with Crippen molar-refractivity contribution in [1.29, 1.82) is 0 Å². The highest BCUT2D eigenvalue weighted by Gasteiger charge is 2.47. The second-order valence-corrected chi connectivity index (χ2v) is 6.67. The summed E-state index contributed by atoms with van der Waals surface area (Å²) in [5.74, 6) is 0. The summed E-state index contributed by atoms with van der Waals surface area (Å²) in [5, 5.41) is 0. The van der Waals surface area contributed by atoms with Gasteiger partial charge >= 0.3 is 0 Å². The van der Waals surface area contributed by atoms with Crippen molar-refractivity contribution in [2.24, 2.45) is 5.73 Å². The molecule has 0 aromatic heterocycles. The molecular weight excluding hydrogens is 236 g/mol. The fourth-order valence-corrected chi connectivity index (χ4v) is 3.22. The van der Waals surface area contributed by atoms with Gasteiger partial charge in [0.1, 0.15) is 0 Å². The fourth-order valence-electron chi connectivity index (χ4n) is 3.22. The van der Waals surface area contributed by atoms with Gasteiger partial charge in [0.05, 0.1) is 17.2 Å². The predicted octanol–water partition coefficient (Wildman–Crippen LogP) is 2.93. The fraction of sp³-hybridized carbons (Fsp3) is 0.625. The highest BCUT2D eigenvalue weighted by atomic mass is 16.5. The van der Waals surface area contributed by atoms with Crippen LogP contribution in [0.1, 0.15) is 39.7 Å². The summed E-state index contributed by atoms with van der Waals surface area (Å²) in [6, 6.07) is 8.82. The molecule has 3 nitrogen and oxygen atoms in total. The number of nitrogens with zero attached hydrogens (tertiary/aromatic N) is 1. The minimum absolute atomic E-state index is 0.0616. The Morgan fingerprint density at radius 2 is 2.00 bits per heavy atom. The molecule has 0 spiro atoms. The Bertz CT molecular complexity index is 454. The molecule has 0 saturated carbocycles. The first-order valence-corrected chi connectivity index (χ1v) is 6.97. The Hall–Kier alpha value is -1.06. The van der Waals surface area contributed by atoms with Gasteiger partial charge in [-0.3, -0.25) is 0 Å². The number of rotatable bonds is 3. The lowest BCUT2D eigenvalue weighted by Crippen LogP contribution is -2.44. The highest BCUT2D eigenvalue weighted by Crippen LogP contribution is 2.41. The minimum Gasteiger partial charge on any atom is -0.369 e. The molecule has 1 aromatic carbocycles. The molecule has 1 aliphatic heterocycles. The average Bonchev–Trinajstić information content (AvgIpc) is 2.56. The Balaban J connectivity index is 2.26. The quantitative estimate of drug-likeness (QED) is 0.910. The summed E-state index contributed by atoms with van der Waals surface area (Å²) in [5.41, 5.74) is 7.90. The second-order valence-electron chi connectivity index (χ2n) is 6.67. The van der Waals surface area contributed by atoms with Crippen LogP contribution in [0.5, 0.6) is 0 Å². The largest absolute Gasteiger partial charge is 0.369 e. The van der Waals surface area contributed by atoms with Gasteiger partial charge in [0.2, 0.25) is 0 Å². The van der Waals surface area contributed by atoms with Crippen LogP contribution >= 0.6 is 0 Å². The normalized spacial score (nSPS) is 24.4. The number of nitrogens with two attached hydrogens (primary N) is 1. The first-order chi connectivity index (χ1) is 8.75. The Morgan fingerprint density at radius 1 is 1.32 bits per heavy atom. The average molecular weight is 262 g/mol. The summed E-state index contributed by atoms with van der Waals surface area (Å²) >= 11 is 0. The molecule has 0 radical (unpaired) electrons. The summed E-state index contributed by atoms with van der Waals surface area (Å²) in [6.07, 6.45) is 1.03. The van der Waals surface area contributed by atoms with Crippen LogP contribution in [0, 0.1) is 0 Å². The van der Waals surface area contributed by atoms with Crippen molar-refractivity contribution in [2.45, 2.75) is 57.9 Å². The molecule has 1 atom stereocenters. The van der Waals surface area contributed by atoms with E-state index in [4.69, 9.17) is 10.5 Å². The van der Waals surface area contributed by atoms with E-state index < -0.39 is 0 Å². The van der Waals surface area contributed by atoms with Gasteiger partial charge in [-0.1, -0.05) is 12.1 Å².